The van der Waals surface area contributed by atoms with E-state index in [4.69, 9.17) is 5.11 Å². The van der Waals surface area contributed by atoms with Crippen molar-refractivity contribution in [3.05, 3.63) is 39.6 Å². The molecule has 14 heavy (non-hydrogen) atoms. The van der Waals surface area contributed by atoms with Crippen LogP contribution in [0.1, 0.15) is 10.4 Å². The quantitative estimate of drug-likeness (QED) is 0.823. The number of halogens is 1. The molecule has 1 N–H and O–H groups in total. The van der Waals surface area contributed by atoms with Crippen molar-refractivity contribution in [1.29, 1.82) is 0 Å². The van der Waals surface area contributed by atoms with Gasteiger partial charge in [-0.1, -0.05) is 6.07 Å². The van der Waals surface area contributed by atoms with Crippen LogP contribution in [-0.4, -0.2) is 16.1 Å². The second-order valence-electron chi connectivity index (χ2n) is 2.83. The molecule has 0 aliphatic heterocycles. The predicted molar refractivity (Wildman–Crippen MR) is 61.4 cm³/mol. The van der Waals surface area contributed by atoms with E-state index in [1.54, 1.807) is 12.3 Å². The van der Waals surface area contributed by atoms with Gasteiger partial charge in [0.15, 0.2) is 0 Å². The monoisotopic (exact) mass is 299 g/mol. The molecular formula is C10H6INO2. The molecule has 0 saturated carbocycles. The van der Waals surface area contributed by atoms with Crippen LogP contribution < -0.4 is 0 Å². The number of hydrogen-bond acceptors (Lipinski definition) is 2. The fraction of sp³-hybridized carbons (Fsp3) is 0. The molecule has 0 amide bonds. The summed E-state index contributed by atoms with van der Waals surface area (Å²) < 4.78 is 0.732. The number of carboxylic acid groups (broad SMARTS) is 1. The van der Waals surface area contributed by atoms with E-state index in [1.807, 2.05) is 40.8 Å². The molecule has 0 unspecified atom stereocenters. The van der Waals surface area contributed by atoms with Crippen LogP contribution in [0.15, 0.2) is 30.5 Å². The maximum Gasteiger partial charge on any atom is 0.336 e. The molecule has 1 aromatic carbocycles. The summed E-state index contributed by atoms with van der Waals surface area (Å²) in [4.78, 5) is 14.9. The second-order valence-corrected chi connectivity index (χ2v) is 4.00. The molecule has 0 spiro atoms. The third kappa shape index (κ3) is 1.57. The van der Waals surface area contributed by atoms with Crippen LogP contribution in [0.2, 0.25) is 0 Å². The molecule has 0 bridgehead atoms. The minimum atomic E-state index is -0.915. The van der Waals surface area contributed by atoms with Gasteiger partial charge >= 0.3 is 5.97 Å². The Kier molecular flexibility index (Phi) is 2.37. The molecule has 0 fully saturated rings. The number of carboxylic acids is 1. The second kappa shape index (κ2) is 3.53. The Morgan fingerprint density at radius 1 is 1.43 bits per heavy atom. The van der Waals surface area contributed by atoms with Crippen molar-refractivity contribution in [3.8, 4) is 0 Å². The molecule has 3 nitrogen and oxygen atoms in total. The smallest absolute Gasteiger partial charge is 0.336 e. The summed E-state index contributed by atoms with van der Waals surface area (Å²) in [6.07, 6.45) is 1.65. The molecule has 1 heterocycles. The number of benzene rings is 1. The summed E-state index contributed by atoms with van der Waals surface area (Å²) in [7, 11) is 0. The van der Waals surface area contributed by atoms with Crippen molar-refractivity contribution in [3.63, 3.8) is 0 Å². The molecule has 1 aromatic heterocycles. The lowest BCUT2D eigenvalue weighted by molar-refractivity contribution is 0.0696. The normalized spacial score (nSPS) is 10.4. The highest BCUT2D eigenvalue weighted by Crippen LogP contribution is 2.19. The number of hydrogen-bond donors (Lipinski definition) is 1. The van der Waals surface area contributed by atoms with Gasteiger partial charge in [0.1, 0.15) is 0 Å². The maximum atomic E-state index is 10.8. The Bertz CT molecular complexity index is 510. The van der Waals surface area contributed by atoms with E-state index >= 15 is 0 Å². The Morgan fingerprint density at radius 3 is 2.93 bits per heavy atom. The topological polar surface area (TPSA) is 50.2 Å². The highest BCUT2D eigenvalue weighted by molar-refractivity contribution is 14.1. The SMILES string of the molecule is O=C(O)c1cc2ncccc2cc1I. The number of pyridine rings is 1. The maximum absolute atomic E-state index is 10.8. The molecular weight excluding hydrogens is 293 g/mol. The molecule has 0 atom stereocenters. The van der Waals surface area contributed by atoms with Gasteiger partial charge in [-0.3, -0.25) is 4.98 Å². The average Bonchev–Trinajstić information content (AvgIpc) is 2.16. The average molecular weight is 299 g/mol. The first-order valence-electron chi connectivity index (χ1n) is 3.96. The predicted octanol–water partition coefficient (Wildman–Crippen LogP) is 2.54. The van der Waals surface area contributed by atoms with Gasteiger partial charge in [0.2, 0.25) is 0 Å². The van der Waals surface area contributed by atoms with Crippen LogP contribution >= 0.6 is 22.6 Å². The number of carbonyl (C=O) groups is 1. The van der Waals surface area contributed by atoms with Gasteiger partial charge < -0.3 is 5.11 Å². The van der Waals surface area contributed by atoms with Crippen molar-refractivity contribution < 1.29 is 9.90 Å². The largest absolute Gasteiger partial charge is 0.478 e. The Morgan fingerprint density at radius 2 is 2.21 bits per heavy atom. The fourth-order valence-electron chi connectivity index (χ4n) is 1.26. The van der Waals surface area contributed by atoms with Crippen LogP contribution in [0, 0.1) is 3.57 Å². The van der Waals surface area contributed by atoms with E-state index in [-0.39, 0.29) is 0 Å². The Labute approximate surface area is 93.9 Å². The van der Waals surface area contributed by atoms with E-state index < -0.39 is 5.97 Å². The number of nitrogens with zero attached hydrogens (tertiary/aromatic N) is 1. The molecule has 0 radical (unpaired) electrons. The summed E-state index contributed by atoms with van der Waals surface area (Å²) in [6, 6.07) is 7.17. The number of aromatic carboxylic acids is 1. The van der Waals surface area contributed by atoms with Crippen LogP contribution in [0.4, 0.5) is 0 Å². The molecule has 0 aliphatic rings. The summed E-state index contributed by atoms with van der Waals surface area (Å²) in [6.45, 7) is 0. The zero-order chi connectivity index (χ0) is 10.1. The molecule has 4 heteroatoms. The zero-order valence-electron chi connectivity index (χ0n) is 7.07. The van der Waals surface area contributed by atoms with Gasteiger partial charge in [-0.05, 0) is 40.8 Å². The first-order chi connectivity index (χ1) is 6.68. The minimum Gasteiger partial charge on any atom is -0.478 e. The van der Waals surface area contributed by atoms with Crippen LogP contribution in [-0.2, 0) is 0 Å². The molecule has 0 saturated heterocycles. The van der Waals surface area contributed by atoms with E-state index in [1.165, 1.54) is 0 Å². The number of fused-ring (bicyclic) bond motifs is 1. The standard InChI is InChI=1S/C10H6INO2/c11-8-4-6-2-1-3-12-9(6)5-7(8)10(13)14/h1-5H,(H,13,14). The first kappa shape index (κ1) is 9.39. The molecule has 0 aliphatic carbocycles. The lowest BCUT2D eigenvalue weighted by atomic mass is 10.1. The third-order valence-corrected chi connectivity index (χ3v) is 2.81. The minimum absolute atomic E-state index is 0.303. The first-order valence-corrected chi connectivity index (χ1v) is 5.04. The van der Waals surface area contributed by atoms with E-state index in [0.29, 0.717) is 11.1 Å². The van der Waals surface area contributed by atoms with E-state index in [2.05, 4.69) is 4.98 Å². The number of aromatic nitrogens is 1. The Balaban J connectivity index is 2.77. The fourth-order valence-corrected chi connectivity index (χ4v) is 1.98. The van der Waals surface area contributed by atoms with Crippen molar-refractivity contribution in [1.82, 2.24) is 4.98 Å². The summed E-state index contributed by atoms with van der Waals surface area (Å²) >= 11 is 2.02. The van der Waals surface area contributed by atoms with Gasteiger partial charge in [-0.25, -0.2) is 4.79 Å². The Hall–Kier alpha value is -1.17. The van der Waals surface area contributed by atoms with Gasteiger partial charge in [-0.2, -0.15) is 0 Å². The highest BCUT2D eigenvalue weighted by Gasteiger charge is 2.09. The number of rotatable bonds is 1. The van der Waals surface area contributed by atoms with Crippen molar-refractivity contribution in [2.45, 2.75) is 0 Å². The van der Waals surface area contributed by atoms with Crippen molar-refractivity contribution in [2.75, 3.05) is 0 Å². The molecule has 70 valence electrons. The van der Waals surface area contributed by atoms with Gasteiger partial charge in [0.25, 0.3) is 0 Å². The lowest BCUT2D eigenvalue weighted by Gasteiger charge is -2.01. The summed E-state index contributed by atoms with van der Waals surface area (Å²) in [5.74, 6) is -0.915. The molecule has 2 rings (SSSR count). The van der Waals surface area contributed by atoms with Gasteiger partial charge in [0.05, 0.1) is 11.1 Å². The zero-order valence-corrected chi connectivity index (χ0v) is 9.22. The van der Waals surface area contributed by atoms with E-state index in [0.717, 1.165) is 8.96 Å². The van der Waals surface area contributed by atoms with Gasteiger partial charge in [0, 0.05) is 15.2 Å². The van der Waals surface area contributed by atoms with Gasteiger partial charge in [-0.15, -0.1) is 0 Å². The summed E-state index contributed by atoms with van der Waals surface area (Å²) in [5, 5.41) is 9.85. The van der Waals surface area contributed by atoms with Crippen LogP contribution in [0.3, 0.4) is 0 Å². The van der Waals surface area contributed by atoms with Crippen LogP contribution in [0.5, 0.6) is 0 Å². The summed E-state index contributed by atoms with van der Waals surface area (Å²) in [5.41, 5.74) is 1.02. The molecule has 2 aromatic rings. The third-order valence-electron chi connectivity index (χ3n) is 1.92. The lowest BCUT2D eigenvalue weighted by Crippen LogP contribution is -1.99. The van der Waals surface area contributed by atoms with Crippen molar-refractivity contribution in [2.24, 2.45) is 0 Å². The van der Waals surface area contributed by atoms with Crippen LogP contribution in [0.25, 0.3) is 10.9 Å². The van der Waals surface area contributed by atoms with Crippen molar-refractivity contribution >= 4 is 39.5 Å². The highest BCUT2D eigenvalue weighted by atomic mass is 127. The van der Waals surface area contributed by atoms with E-state index in [9.17, 15) is 4.79 Å².